The molecule has 0 aliphatic carbocycles. The van der Waals surface area contributed by atoms with E-state index in [0.717, 1.165) is 24.0 Å². The molecular formula is C15H21N3. The molecule has 3 heteroatoms. The van der Waals surface area contributed by atoms with E-state index in [0.29, 0.717) is 0 Å². The van der Waals surface area contributed by atoms with Crippen LogP contribution in [0.15, 0.2) is 30.6 Å². The summed E-state index contributed by atoms with van der Waals surface area (Å²) < 4.78 is 2.10. The van der Waals surface area contributed by atoms with Crippen LogP contribution in [0.3, 0.4) is 0 Å². The standard InChI is InChI=1S/C15H21N3/c1-12(2)13-6-8-17(9-13)10-14-11-18-7-4-3-5-15(18)16-14/h3-5,7,11-13H,6,8-10H2,1-2H3. The highest BCUT2D eigenvalue weighted by molar-refractivity contribution is 5.39. The largest absolute Gasteiger partial charge is 0.307 e. The van der Waals surface area contributed by atoms with E-state index in [2.05, 4.69) is 46.6 Å². The molecule has 0 saturated carbocycles. The highest BCUT2D eigenvalue weighted by Crippen LogP contribution is 2.24. The maximum atomic E-state index is 4.67. The van der Waals surface area contributed by atoms with Gasteiger partial charge in [0.15, 0.2) is 0 Å². The van der Waals surface area contributed by atoms with Gasteiger partial charge in [0.2, 0.25) is 0 Å². The third-order valence-corrected chi connectivity index (χ3v) is 4.05. The number of nitrogens with zero attached hydrogens (tertiary/aromatic N) is 3. The fraction of sp³-hybridized carbons (Fsp3) is 0.533. The Bertz CT molecular complexity index is 496. The normalized spacial score (nSPS) is 21.2. The molecular weight excluding hydrogens is 222 g/mol. The maximum absolute atomic E-state index is 4.67. The minimum absolute atomic E-state index is 0.802. The Morgan fingerprint density at radius 3 is 3.00 bits per heavy atom. The predicted octanol–water partition coefficient (Wildman–Crippen LogP) is 2.81. The summed E-state index contributed by atoms with van der Waals surface area (Å²) in [6.07, 6.45) is 5.55. The number of rotatable bonds is 3. The zero-order chi connectivity index (χ0) is 12.5. The number of imidazole rings is 1. The second-order valence-corrected chi connectivity index (χ2v) is 5.73. The van der Waals surface area contributed by atoms with E-state index in [1.807, 2.05) is 12.1 Å². The highest BCUT2D eigenvalue weighted by Gasteiger charge is 2.25. The van der Waals surface area contributed by atoms with Crippen LogP contribution >= 0.6 is 0 Å². The molecule has 3 nitrogen and oxygen atoms in total. The van der Waals surface area contributed by atoms with Gasteiger partial charge in [-0.05, 0) is 36.9 Å². The molecule has 3 heterocycles. The average molecular weight is 243 g/mol. The predicted molar refractivity (Wildman–Crippen MR) is 73.4 cm³/mol. The Morgan fingerprint density at radius 2 is 2.28 bits per heavy atom. The van der Waals surface area contributed by atoms with E-state index < -0.39 is 0 Å². The van der Waals surface area contributed by atoms with Crippen LogP contribution in [0.4, 0.5) is 0 Å². The van der Waals surface area contributed by atoms with Gasteiger partial charge in [-0.1, -0.05) is 19.9 Å². The number of aromatic nitrogens is 2. The smallest absolute Gasteiger partial charge is 0.137 e. The lowest BCUT2D eigenvalue weighted by atomic mass is 9.95. The number of likely N-dealkylation sites (tertiary alicyclic amines) is 1. The summed E-state index contributed by atoms with van der Waals surface area (Å²) in [4.78, 5) is 7.20. The lowest BCUT2D eigenvalue weighted by molar-refractivity contribution is 0.294. The first-order valence-corrected chi connectivity index (χ1v) is 6.87. The van der Waals surface area contributed by atoms with Gasteiger partial charge in [0, 0.05) is 25.5 Å². The topological polar surface area (TPSA) is 20.5 Å². The van der Waals surface area contributed by atoms with E-state index >= 15 is 0 Å². The van der Waals surface area contributed by atoms with Crippen molar-refractivity contribution in [2.24, 2.45) is 11.8 Å². The van der Waals surface area contributed by atoms with Crippen molar-refractivity contribution in [1.82, 2.24) is 14.3 Å². The third-order valence-electron chi connectivity index (χ3n) is 4.05. The van der Waals surface area contributed by atoms with E-state index in [-0.39, 0.29) is 0 Å². The molecule has 1 aliphatic rings. The van der Waals surface area contributed by atoms with Gasteiger partial charge in [0.1, 0.15) is 5.65 Å². The van der Waals surface area contributed by atoms with Crippen molar-refractivity contribution in [2.45, 2.75) is 26.8 Å². The molecule has 1 atom stereocenters. The van der Waals surface area contributed by atoms with Crippen LogP contribution in [-0.4, -0.2) is 27.4 Å². The van der Waals surface area contributed by atoms with E-state index in [4.69, 9.17) is 0 Å². The quantitative estimate of drug-likeness (QED) is 0.826. The van der Waals surface area contributed by atoms with Crippen LogP contribution in [0.5, 0.6) is 0 Å². The maximum Gasteiger partial charge on any atom is 0.137 e. The molecule has 18 heavy (non-hydrogen) atoms. The van der Waals surface area contributed by atoms with Crippen LogP contribution in [0, 0.1) is 11.8 Å². The minimum atomic E-state index is 0.802. The molecule has 0 bridgehead atoms. The summed E-state index contributed by atoms with van der Waals surface area (Å²) in [6.45, 7) is 8.10. The third kappa shape index (κ3) is 2.27. The lowest BCUT2D eigenvalue weighted by Gasteiger charge is -2.16. The first-order chi connectivity index (χ1) is 8.72. The van der Waals surface area contributed by atoms with Gasteiger partial charge in [0.25, 0.3) is 0 Å². The molecule has 2 aromatic heterocycles. The van der Waals surface area contributed by atoms with Crippen LogP contribution in [0.25, 0.3) is 5.65 Å². The van der Waals surface area contributed by atoms with Gasteiger partial charge in [-0.2, -0.15) is 0 Å². The molecule has 0 aromatic carbocycles. The summed E-state index contributed by atoms with van der Waals surface area (Å²) in [5.74, 6) is 1.66. The van der Waals surface area contributed by atoms with Gasteiger partial charge in [-0.3, -0.25) is 4.90 Å². The van der Waals surface area contributed by atoms with Crippen molar-refractivity contribution in [3.63, 3.8) is 0 Å². The van der Waals surface area contributed by atoms with Crippen LogP contribution < -0.4 is 0 Å². The summed E-state index contributed by atoms with van der Waals surface area (Å²) in [7, 11) is 0. The number of pyridine rings is 1. The summed E-state index contributed by atoms with van der Waals surface area (Å²) in [5.41, 5.74) is 2.23. The highest BCUT2D eigenvalue weighted by atomic mass is 15.2. The average Bonchev–Trinajstić information content (AvgIpc) is 2.94. The van der Waals surface area contributed by atoms with E-state index in [1.54, 1.807) is 0 Å². The molecule has 1 saturated heterocycles. The van der Waals surface area contributed by atoms with E-state index in [1.165, 1.54) is 25.2 Å². The van der Waals surface area contributed by atoms with Gasteiger partial charge < -0.3 is 4.40 Å². The number of hydrogen-bond donors (Lipinski definition) is 0. The van der Waals surface area contributed by atoms with Crippen LogP contribution in [0.1, 0.15) is 26.0 Å². The number of fused-ring (bicyclic) bond motifs is 1. The van der Waals surface area contributed by atoms with Crippen molar-refractivity contribution in [3.05, 3.63) is 36.3 Å². The molecule has 0 spiro atoms. The second-order valence-electron chi connectivity index (χ2n) is 5.73. The van der Waals surface area contributed by atoms with Gasteiger partial charge in [0.05, 0.1) is 5.69 Å². The summed E-state index contributed by atoms with van der Waals surface area (Å²) >= 11 is 0. The molecule has 1 aliphatic heterocycles. The summed E-state index contributed by atoms with van der Waals surface area (Å²) in [5, 5.41) is 0. The molecule has 0 amide bonds. The monoisotopic (exact) mass is 243 g/mol. The molecule has 1 unspecified atom stereocenters. The Morgan fingerprint density at radius 1 is 1.39 bits per heavy atom. The SMILES string of the molecule is CC(C)C1CCN(Cc2cn3ccccc3n2)C1. The van der Waals surface area contributed by atoms with Crippen molar-refractivity contribution >= 4 is 5.65 Å². The van der Waals surface area contributed by atoms with Crippen LogP contribution in [0.2, 0.25) is 0 Å². The van der Waals surface area contributed by atoms with Crippen molar-refractivity contribution in [2.75, 3.05) is 13.1 Å². The second kappa shape index (κ2) is 4.73. The Hall–Kier alpha value is -1.35. The fourth-order valence-corrected chi connectivity index (χ4v) is 2.84. The van der Waals surface area contributed by atoms with Crippen molar-refractivity contribution in [3.8, 4) is 0 Å². The van der Waals surface area contributed by atoms with Gasteiger partial charge >= 0.3 is 0 Å². The van der Waals surface area contributed by atoms with Crippen molar-refractivity contribution < 1.29 is 0 Å². The minimum Gasteiger partial charge on any atom is -0.307 e. The first kappa shape index (κ1) is 11.7. The van der Waals surface area contributed by atoms with Gasteiger partial charge in [-0.15, -0.1) is 0 Å². The zero-order valence-corrected chi connectivity index (χ0v) is 11.2. The van der Waals surface area contributed by atoms with E-state index in [9.17, 15) is 0 Å². The molecule has 3 rings (SSSR count). The molecule has 0 N–H and O–H groups in total. The molecule has 0 radical (unpaired) electrons. The summed E-state index contributed by atoms with van der Waals surface area (Å²) in [6, 6.07) is 6.14. The van der Waals surface area contributed by atoms with Crippen LogP contribution in [-0.2, 0) is 6.54 Å². The Kier molecular flexibility index (Phi) is 3.08. The molecule has 1 fully saturated rings. The Labute approximate surface area is 108 Å². The van der Waals surface area contributed by atoms with Crippen molar-refractivity contribution in [1.29, 1.82) is 0 Å². The number of hydrogen-bond acceptors (Lipinski definition) is 2. The lowest BCUT2D eigenvalue weighted by Crippen LogP contribution is -2.21. The fourth-order valence-electron chi connectivity index (χ4n) is 2.84. The Balaban J connectivity index is 1.70. The van der Waals surface area contributed by atoms with Gasteiger partial charge in [-0.25, -0.2) is 4.98 Å². The first-order valence-electron chi connectivity index (χ1n) is 6.87. The molecule has 2 aromatic rings. The zero-order valence-electron chi connectivity index (χ0n) is 11.2. The molecule has 96 valence electrons.